The Balaban J connectivity index is 1.69. The highest BCUT2D eigenvalue weighted by Gasteiger charge is 2.52. The van der Waals surface area contributed by atoms with Crippen LogP contribution in [0.3, 0.4) is 0 Å². The number of unbranched alkanes of at least 4 members (excludes halogenated alkanes) is 6. The summed E-state index contributed by atoms with van der Waals surface area (Å²) >= 11 is 0. The lowest BCUT2D eigenvalue weighted by atomic mass is 10.0. The Morgan fingerprint density at radius 1 is 1.16 bits per heavy atom. The average Bonchev–Trinajstić information content (AvgIpc) is 2.94. The number of amides is 1. The normalized spacial score (nSPS) is 18.0. The standard InChI is InChI=1S/C25H35F2NO4/c1-19-14-15-20(17-22(19)29)11-7-3-2-4-8-12-21-18-25(26,27)24(32)28(21)16-10-6-5-9-13-23(30)31/h8,12,14-15,17,21,29H,2-7,9-11,13,16,18H2,1H3,(H,30,31)/b12-8+. The zero-order chi connectivity index (χ0) is 23.6. The Labute approximate surface area is 189 Å². The molecular weight excluding hydrogens is 416 g/mol. The van der Waals surface area contributed by atoms with Gasteiger partial charge in [-0.15, -0.1) is 0 Å². The summed E-state index contributed by atoms with van der Waals surface area (Å²) in [4.78, 5) is 23.8. The molecule has 5 nitrogen and oxygen atoms in total. The van der Waals surface area contributed by atoms with Crippen LogP contribution in [0.25, 0.3) is 0 Å². The van der Waals surface area contributed by atoms with Gasteiger partial charge in [0.15, 0.2) is 0 Å². The van der Waals surface area contributed by atoms with Gasteiger partial charge >= 0.3 is 11.9 Å². The summed E-state index contributed by atoms with van der Waals surface area (Å²) in [6.45, 7) is 2.14. The van der Waals surface area contributed by atoms with Crippen molar-refractivity contribution in [3.63, 3.8) is 0 Å². The Morgan fingerprint density at radius 2 is 1.88 bits per heavy atom. The SMILES string of the molecule is Cc1ccc(CCCCC/C=C/C2CC(F)(F)C(=O)N2CCCCCCC(=O)O)cc1O. The van der Waals surface area contributed by atoms with Gasteiger partial charge in [-0.3, -0.25) is 9.59 Å². The lowest BCUT2D eigenvalue weighted by Crippen LogP contribution is -2.36. The summed E-state index contributed by atoms with van der Waals surface area (Å²) in [5.74, 6) is -4.92. The molecule has 0 spiro atoms. The quantitative estimate of drug-likeness (QED) is 0.284. The molecule has 0 bridgehead atoms. The first-order valence-electron chi connectivity index (χ1n) is 11.6. The summed E-state index contributed by atoms with van der Waals surface area (Å²) < 4.78 is 27.9. The number of phenolic OH excluding ortho intramolecular Hbond substituents is 1. The minimum absolute atomic E-state index is 0.111. The number of carbonyl (C=O) groups is 2. The molecule has 7 heteroatoms. The summed E-state index contributed by atoms with van der Waals surface area (Å²) in [5, 5.41) is 18.4. The van der Waals surface area contributed by atoms with E-state index in [0.29, 0.717) is 25.0 Å². The first-order chi connectivity index (χ1) is 15.2. The van der Waals surface area contributed by atoms with Crippen molar-refractivity contribution < 1.29 is 28.6 Å². The lowest BCUT2D eigenvalue weighted by Gasteiger charge is -2.21. The van der Waals surface area contributed by atoms with Crippen molar-refractivity contribution in [1.29, 1.82) is 0 Å². The van der Waals surface area contributed by atoms with Gasteiger partial charge in [0.05, 0.1) is 6.04 Å². The zero-order valence-corrected chi connectivity index (χ0v) is 18.9. The second-order valence-corrected chi connectivity index (χ2v) is 8.68. The van der Waals surface area contributed by atoms with Gasteiger partial charge in [-0.1, -0.05) is 43.5 Å². The van der Waals surface area contributed by atoms with Crippen molar-refractivity contribution in [3.8, 4) is 5.75 Å². The van der Waals surface area contributed by atoms with E-state index in [1.165, 1.54) is 4.90 Å². The van der Waals surface area contributed by atoms with E-state index in [2.05, 4.69) is 0 Å². The van der Waals surface area contributed by atoms with E-state index in [4.69, 9.17) is 5.11 Å². The number of aromatic hydroxyl groups is 1. The lowest BCUT2D eigenvalue weighted by molar-refractivity contribution is -0.148. The molecular formula is C25H35F2NO4. The number of phenols is 1. The Bertz CT molecular complexity index is 794. The van der Waals surface area contributed by atoms with Crippen LogP contribution in [-0.4, -0.2) is 45.5 Å². The smallest absolute Gasteiger partial charge is 0.327 e. The van der Waals surface area contributed by atoms with Crippen LogP contribution < -0.4 is 0 Å². The number of carboxylic acid groups (broad SMARTS) is 1. The first-order valence-corrected chi connectivity index (χ1v) is 11.6. The van der Waals surface area contributed by atoms with Gasteiger partial charge in [-0.2, -0.15) is 8.78 Å². The second-order valence-electron chi connectivity index (χ2n) is 8.68. The number of rotatable bonds is 14. The van der Waals surface area contributed by atoms with Gasteiger partial charge in [0.2, 0.25) is 0 Å². The monoisotopic (exact) mass is 451 g/mol. The Hall–Kier alpha value is -2.44. The molecule has 1 aliphatic rings. The molecule has 32 heavy (non-hydrogen) atoms. The Kier molecular flexibility index (Phi) is 10.1. The van der Waals surface area contributed by atoms with Gasteiger partial charge < -0.3 is 15.1 Å². The minimum atomic E-state index is -3.31. The predicted octanol–water partition coefficient (Wildman–Crippen LogP) is 5.63. The molecule has 2 N–H and O–H groups in total. The highest BCUT2D eigenvalue weighted by atomic mass is 19.3. The number of aryl methyl sites for hydroxylation is 2. The number of hydrogen-bond donors (Lipinski definition) is 2. The maximum Gasteiger partial charge on any atom is 0.327 e. The maximum absolute atomic E-state index is 13.9. The number of aliphatic carboxylic acids is 1. The molecule has 178 valence electrons. The Morgan fingerprint density at radius 3 is 2.59 bits per heavy atom. The van der Waals surface area contributed by atoms with Gasteiger partial charge in [0.25, 0.3) is 5.91 Å². The second kappa shape index (κ2) is 12.6. The average molecular weight is 452 g/mol. The van der Waals surface area contributed by atoms with Crippen LogP contribution in [0.4, 0.5) is 8.78 Å². The van der Waals surface area contributed by atoms with Gasteiger partial charge in [-0.05, 0) is 62.6 Å². The molecule has 0 aromatic heterocycles. The van der Waals surface area contributed by atoms with Crippen LogP contribution in [0, 0.1) is 6.92 Å². The largest absolute Gasteiger partial charge is 0.508 e. The summed E-state index contributed by atoms with van der Waals surface area (Å²) in [6.07, 6.45) is 10.5. The van der Waals surface area contributed by atoms with E-state index in [-0.39, 0.29) is 13.0 Å². The molecule has 1 fully saturated rings. The molecule has 1 saturated heterocycles. The van der Waals surface area contributed by atoms with Crippen LogP contribution in [0.1, 0.15) is 75.3 Å². The van der Waals surface area contributed by atoms with Gasteiger partial charge in [0.1, 0.15) is 5.75 Å². The van der Waals surface area contributed by atoms with Crippen molar-refractivity contribution in [1.82, 2.24) is 4.90 Å². The number of benzene rings is 1. The van der Waals surface area contributed by atoms with Crippen LogP contribution in [0.15, 0.2) is 30.4 Å². The maximum atomic E-state index is 13.9. The van der Waals surface area contributed by atoms with E-state index >= 15 is 0 Å². The molecule has 1 aromatic rings. The zero-order valence-electron chi connectivity index (χ0n) is 18.9. The summed E-state index contributed by atoms with van der Waals surface area (Å²) in [7, 11) is 0. The number of hydrogen-bond acceptors (Lipinski definition) is 3. The molecule has 1 unspecified atom stereocenters. The fraction of sp³-hybridized carbons (Fsp3) is 0.600. The van der Waals surface area contributed by atoms with E-state index in [0.717, 1.165) is 49.7 Å². The van der Waals surface area contributed by atoms with E-state index in [1.54, 1.807) is 12.1 Å². The molecule has 0 aliphatic carbocycles. The number of carbonyl (C=O) groups excluding carboxylic acids is 1. The molecule has 1 atom stereocenters. The molecule has 1 heterocycles. The summed E-state index contributed by atoms with van der Waals surface area (Å²) in [5.41, 5.74) is 1.97. The molecule has 1 aromatic carbocycles. The number of carboxylic acids is 1. The third kappa shape index (κ3) is 8.24. The summed E-state index contributed by atoms with van der Waals surface area (Å²) in [6, 6.07) is 5.15. The highest BCUT2D eigenvalue weighted by Crippen LogP contribution is 2.34. The van der Waals surface area contributed by atoms with E-state index in [9.17, 15) is 23.5 Å². The highest BCUT2D eigenvalue weighted by molar-refractivity contribution is 5.86. The van der Waals surface area contributed by atoms with Crippen LogP contribution in [-0.2, 0) is 16.0 Å². The number of allylic oxidation sites excluding steroid dienone is 1. The minimum Gasteiger partial charge on any atom is -0.508 e. The fourth-order valence-electron chi connectivity index (χ4n) is 4.00. The topological polar surface area (TPSA) is 77.8 Å². The van der Waals surface area contributed by atoms with E-state index < -0.39 is 30.3 Å². The van der Waals surface area contributed by atoms with E-state index in [1.807, 2.05) is 25.1 Å². The van der Waals surface area contributed by atoms with Crippen LogP contribution in [0.5, 0.6) is 5.75 Å². The van der Waals surface area contributed by atoms with Gasteiger partial charge in [-0.25, -0.2) is 0 Å². The number of likely N-dealkylation sites (tertiary alicyclic amines) is 1. The van der Waals surface area contributed by atoms with Crippen LogP contribution in [0.2, 0.25) is 0 Å². The fourth-order valence-corrected chi connectivity index (χ4v) is 4.00. The molecule has 0 radical (unpaired) electrons. The van der Waals surface area contributed by atoms with Crippen molar-refractivity contribution in [2.75, 3.05) is 6.54 Å². The van der Waals surface area contributed by atoms with Crippen LogP contribution >= 0.6 is 0 Å². The van der Waals surface area contributed by atoms with Gasteiger partial charge in [0, 0.05) is 19.4 Å². The third-order valence-electron chi connectivity index (χ3n) is 5.95. The van der Waals surface area contributed by atoms with Crippen molar-refractivity contribution in [3.05, 3.63) is 41.5 Å². The molecule has 2 rings (SSSR count). The predicted molar refractivity (Wildman–Crippen MR) is 120 cm³/mol. The number of halogens is 2. The molecule has 0 saturated carbocycles. The molecule has 1 aliphatic heterocycles. The van der Waals surface area contributed by atoms with Crippen molar-refractivity contribution in [2.24, 2.45) is 0 Å². The number of alkyl halides is 2. The van der Waals surface area contributed by atoms with Crippen molar-refractivity contribution >= 4 is 11.9 Å². The third-order valence-corrected chi connectivity index (χ3v) is 5.95. The number of nitrogens with zero attached hydrogens (tertiary/aromatic N) is 1. The first kappa shape index (κ1) is 25.8. The molecule has 1 amide bonds. The van der Waals surface area contributed by atoms with Crippen molar-refractivity contribution in [2.45, 2.75) is 89.5 Å².